The molecular weight excluding hydrogens is 192 g/mol. The Balaban J connectivity index is 2.97. The lowest BCUT2D eigenvalue weighted by atomic mass is 10.0. The van der Waals surface area contributed by atoms with Gasteiger partial charge in [-0.15, -0.1) is 0 Å². The van der Waals surface area contributed by atoms with Crippen molar-refractivity contribution in [3.05, 3.63) is 29.3 Å². The van der Waals surface area contributed by atoms with Gasteiger partial charge in [0.05, 0.1) is 5.56 Å². The molecule has 4 nitrogen and oxygen atoms in total. The maximum Gasteiger partial charge on any atom is 0.336 e. The van der Waals surface area contributed by atoms with Crippen molar-refractivity contribution in [3.63, 3.8) is 0 Å². The summed E-state index contributed by atoms with van der Waals surface area (Å²) < 4.78 is 0. The molecule has 0 fully saturated rings. The van der Waals surface area contributed by atoms with Crippen LogP contribution >= 0.6 is 0 Å². The molecule has 3 N–H and O–H groups in total. The molecule has 82 valence electrons. The minimum atomic E-state index is -0.920. The first-order valence-electron chi connectivity index (χ1n) is 4.77. The van der Waals surface area contributed by atoms with Gasteiger partial charge in [0.15, 0.2) is 0 Å². The lowest BCUT2D eigenvalue weighted by Gasteiger charge is -2.13. The maximum atomic E-state index is 10.9. The molecule has 4 heteroatoms. The molecular formula is C11H16N2O2. The van der Waals surface area contributed by atoms with Crippen molar-refractivity contribution in [2.75, 3.05) is 26.4 Å². The van der Waals surface area contributed by atoms with Crippen LogP contribution in [0.4, 0.5) is 5.69 Å². The Kier molecular flexibility index (Phi) is 3.68. The smallest absolute Gasteiger partial charge is 0.336 e. The van der Waals surface area contributed by atoms with Crippen LogP contribution in [0.1, 0.15) is 15.9 Å². The fourth-order valence-electron chi connectivity index (χ4n) is 1.42. The molecule has 0 aliphatic carbocycles. The van der Waals surface area contributed by atoms with Gasteiger partial charge in [-0.3, -0.25) is 0 Å². The van der Waals surface area contributed by atoms with E-state index in [1.54, 1.807) is 18.2 Å². The molecule has 1 aromatic carbocycles. The van der Waals surface area contributed by atoms with Gasteiger partial charge in [-0.1, -0.05) is 6.07 Å². The number of nitrogens with zero attached hydrogens (tertiary/aromatic N) is 1. The highest BCUT2D eigenvalue weighted by Crippen LogP contribution is 2.17. The number of aromatic carboxylic acids is 1. The average molecular weight is 208 g/mol. The van der Waals surface area contributed by atoms with Crippen molar-refractivity contribution < 1.29 is 9.90 Å². The molecule has 0 amide bonds. The number of anilines is 1. The summed E-state index contributed by atoms with van der Waals surface area (Å²) in [6.07, 6.45) is 0.654. The van der Waals surface area contributed by atoms with Crippen LogP contribution in [0.15, 0.2) is 18.2 Å². The monoisotopic (exact) mass is 208 g/mol. The summed E-state index contributed by atoms with van der Waals surface area (Å²) >= 11 is 0. The largest absolute Gasteiger partial charge is 0.478 e. The third kappa shape index (κ3) is 2.95. The highest BCUT2D eigenvalue weighted by molar-refractivity contribution is 5.91. The minimum Gasteiger partial charge on any atom is -0.478 e. The second-order valence-electron chi connectivity index (χ2n) is 3.73. The molecule has 0 aliphatic rings. The van der Waals surface area contributed by atoms with Gasteiger partial charge >= 0.3 is 5.97 Å². The van der Waals surface area contributed by atoms with E-state index in [0.717, 1.165) is 12.1 Å². The topological polar surface area (TPSA) is 66.6 Å². The fraction of sp³-hybridized carbons (Fsp3) is 0.364. The zero-order chi connectivity index (χ0) is 11.4. The van der Waals surface area contributed by atoms with Crippen LogP contribution in [-0.2, 0) is 6.42 Å². The zero-order valence-electron chi connectivity index (χ0n) is 9.03. The molecule has 0 radical (unpaired) electrons. The molecule has 0 aromatic heterocycles. The summed E-state index contributed by atoms with van der Waals surface area (Å²) in [7, 11) is 3.89. The SMILES string of the molecule is CN(C)CCc1c(N)cccc1C(=O)O. The van der Waals surface area contributed by atoms with Crippen molar-refractivity contribution in [2.24, 2.45) is 0 Å². The van der Waals surface area contributed by atoms with E-state index in [1.165, 1.54) is 0 Å². The molecule has 0 saturated heterocycles. The first-order valence-corrected chi connectivity index (χ1v) is 4.77. The molecule has 1 rings (SSSR count). The van der Waals surface area contributed by atoms with Gasteiger partial charge in [-0.05, 0) is 38.2 Å². The number of rotatable bonds is 4. The lowest BCUT2D eigenvalue weighted by Crippen LogP contribution is -2.17. The third-order valence-corrected chi connectivity index (χ3v) is 2.25. The van der Waals surface area contributed by atoms with Crippen molar-refractivity contribution >= 4 is 11.7 Å². The fourth-order valence-corrected chi connectivity index (χ4v) is 1.42. The lowest BCUT2D eigenvalue weighted by molar-refractivity contribution is 0.0695. The molecule has 0 bridgehead atoms. The van der Waals surface area contributed by atoms with Crippen LogP contribution in [-0.4, -0.2) is 36.6 Å². The molecule has 0 aliphatic heterocycles. The van der Waals surface area contributed by atoms with Crippen molar-refractivity contribution in [3.8, 4) is 0 Å². The summed E-state index contributed by atoms with van der Waals surface area (Å²) in [5, 5.41) is 8.99. The predicted octanol–water partition coefficient (Wildman–Crippen LogP) is 1.07. The summed E-state index contributed by atoms with van der Waals surface area (Å²) in [6.45, 7) is 0.786. The van der Waals surface area contributed by atoms with Gasteiger partial charge in [-0.2, -0.15) is 0 Å². The second-order valence-corrected chi connectivity index (χ2v) is 3.73. The third-order valence-electron chi connectivity index (χ3n) is 2.25. The maximum absolute atomic E-state index is 10.9. The number of carboxylic acid groups (broad SMARTS) is 1. The highest BCUT2D eigenvalue weighted by Gasteiger charge is 2.12. The molecule has 0 spiro atoms. The average Bonchev–Trinajstić information content (AvgIpc) is 2.15. The first-order chi connectivity index (χ1) is 7.02. The Morgan fingerprint density at radius 2 is 2.13 bits per heavy atom. The van der Waals surface area contributed by atoms with Crippen LogP contribution in [0.2, 0.25) is 0 Å². The number of hydrogen-bond acceptors (Lipinski definition) is 3. The standard InChI is InChI=1S/C11H16N2O2/c1-13(2)7-6-8-9(11(14)15)4-3-5-10(8)12/h3-5H,6-7,12H2,1-2H3,(H,14,15). The van der Waals surface area contributed by atoms with Gasteiger partial charge < -0.3 is 15.7 Å². The van der Waals surface area contributed by atoms with E-state index in [4.69, 9.17) is 10.8 Å². The van der Waals surface area contributed by atoms with E-state index in [9.17, 15) is 4.79 Å². The number of carboxylic acids is 1. The van der Waals surface area contributed by atoms with Crippen LogP contribution in [0.3, 0.4) is 0 Å². The van der Waals surface area contributed by atoms with E-state index in [0.29, 0.717) is 17.7 Å². The second kappa shape index (κ2) is 4.79. The predicted molar refractivity (Wildman–Crippen MR) is 60.1 cm³/mol. The number of likely N-dealkylation sites (N-methyl/N-ethyl adjacent to an activating group) is 1. The summed E-state index contributed by atoms with van der Waals surface area (Å²) in [5.41, 5.74) is 7.34. The van der Waals surface area contributed by atoms with E-state index >= 15 is 0 Å². The number of benzene rings is 1. The van der Waals surface area contributed by atoms with Gasteiger partial charge in [0.2, 0.25) is 0 Å². The molecule has 0 unspecified atom stereocenters. The summed E-state index contributed by atoms with van der Waals surface area (Å²) in [4.78, 5) is 12.9. The number of carbonyl (C=O) groups is 1. The Bertz CT molecular complexity index is 362. The normalized spacial score (nSPS) is 10.6. The number of hydrogen-bond donors (Lipinski definition) is 2. The highest BCUT2D eigenvalue weighted by atomic mass is 16.4. The summed E-state index contributed by atoms with van der Waals surface area (Å²) in [5.74, 6) is -0.920. The van der Waals surface area contributed by atoms with Crippen LogP contribution in [0, 0.1) is 0 Å². The van der Waals surface area contributed by atoms with Gasteiger partial charge in [0.1, 0.15) is 0 Å². The van der Waals surface area contributed by atoms with Crippen LogP contribution in [0.25, 0.3) is 0 Å². The molecule has 0 saturated carbocycles. The van der Waals surface area contributed by atoms with E-state index in [-0.39, 0.29) is 0 Å². The Hall–Kier alpha value is -1.55. The Morgan fingerprint density at radius 3 is 2.67 bits per heavy atom. The van der Waals surface area contributed by atoms with Crippen molar-refractivity contribution in [1.29, 1.82) is 0 Å². The van der Waals surface area contributed by atoms with Crippen molar-refractivity contribution in [2.45, 2.75) is 6.42 Å². The molecule has 15 heavy (non-hydrogen) atoms. The van der Waals surface area contributed by atoms with E-state index in [2.05, 4.69) is 0 Å². The Morgan fingerprint density at radius 1 is 1.47 bits per heavy atom. The molecule has 1 aromatic rings. The van der Waals surface area contributed by atoms with Crippen molar-refractivity contribution in [1.82, 2.24) is 4.90 Å². The van der Waals surface area contributed by atoms with Gasteiger partial charge in [0, 0.05) is 12.2 Å². The van der Waals surface area contributed by atoms with Crippen LogP contribution < -0.4 is 5.73 Å². The van der Waals surface area contributed by atoms with Crippen LogP contribution in [0.5, 0.6) is 0 Å². The quantitative estimate of drug-likeness (QED) is 0.726. The molecule has 0 heterocycles. The minimum absolute atomic E-state index is 0.303. The van der Waals surface area contributed by atoms with E-state index < -0.39 is 5.97 Å². The summed E-state index contributed by atoms with van der Waals surface area (Å²) in [6, 6.07) is 4.99. The van der Waals surface area contributed by atoms with Gasteiger partial charge in [-0.25, -0.2) is 4.79 Å². The van der Waals surface area contributed by atoms with Gasteiger partial charge in [0.25, 0.3) is 0 Å². The van der Waals surface area contributed by atoms with E-state index in [1.807, 2.05) is 19.0 Å². The Labute approximate surface area is 89.3 Å². The number of nitrogen functional groups attached to an aromatic ring is 1. The first kappa shape index (κ1) is 11.5. The zero-order valence-corrected chi connectivity index (χ0v) is 9.03. The molecule has 0 atom stereocenters. The number of nitrogens with two attached hydrogens (primary N) is 1.